The van der Waals surface area contributed by atoms with Crippen molar-refractivity contribution in [3.05, 3.63) is 23.4 Å². The summed E-state index contributed by atoms with van der Waals surface area (Å²) in [6.45, 7) is 6.19. The number of fused-ring (bicyclic) bond motifs is 1. The van der Waals surface area contributed by atoms with Gasteiger partial charge in [0.25, 0.3) is 0 Å². The summed E-state index contributed by atoms with van der Waals surface area (Å²) in [5, 5.41) is 3.43. The normalized spacial score (nSPS) is 25.5. The smallest absolute Gasteiger partial charge is 0.339 e. The van der Waals surface area contributed by atoms with E-state index in [1.54, 1.807) is 0 Å². The second-order valence-electron chi connectivity index (χ2n) is 5.38. The van der Waals surface area contributed by atoms with Crippen LogP contribution >= 0.6 is 0 Å². The second-order valence-corrected chi connectivity index (χ2v) is 5.38. The molecule has 0 spiro atoms. The fourth-order valence-electron chi connectivity index (χ4n) is 3.09. The number of aryl methyl sites for hydroxylation is 1. The molecule has 2 aliphatic heterocycles. The zero-order valence-corrected chi connectivity index (χ0v) is 11.3. The highest BCUT2D eigenvalue weighted by Crippen LogP contribution is 2.29. The summed E-state index contributed by atoms with van der Waals surface area (Å²) in [7, 11) is 1.39. The van der Waals surface area contributed by atoms with Crippen LogP contribution in [0.4, 0.5) is 5.82 Å². The average Bonchev–Trinajstić information content (AvgIpc) is 2.98. The summed E-state index contributed by atoms with van der Waals surface area (Å²) >= 11 is 0. The number of methoxy groups -OCH3 is 1. The highest BCUT2D eigenvalue weighted by atomic mass is 16.5. The molecule has 0 aliphatic carbocycles. The van der Waals surface area contributed by atoms with Gasteiger partial charge in [-0.05, 0) is 30.9 Å². The van der Waals surface area contributed by atoms with Crippen molar-refractivity contribution in [1.29, 1.82) is 0 Å². The van der Waals surface area contributed by atoms with E-state index < -0.39 is 0 Å². The summed E-state index contributed by atoms with van der Waals surface area (Å²) in [5.41, 5.74) is 1.28. The minimum atomic E-state index is -0.320. The van der Waals surface area contributed by atoms with Crippen LogP contribution in [0.2, 0.25) is 0 Å². The van der Waals surface area contributed by atoms with Gasteiger partial charge in [-0.25, -0.2) is 9.78 Å². The Hall–Kier alpha value is -1.62. The molecule has 2 unspecified atom stereocenters. The number of ether oxygens (including phenoxy) is 1. The van der Waals surface area contributed by atoms with Crippen molar-refractivity contribution in [3.8, 4) is 0 Å². The molecule has 3 rings (SSSR count). The summed E-state index contributed by atoms with van der Waals surface area (Å²) in [6, 6.07) is 3.74. The van der Waals surface area contributed by atoms with Gasteiger partial charge in [-0.3, -0.25) is 0 Å². The molecule has 5 nitrogen and oxygen atoms in total. The number of pyridine rings is 1. The van der Waals surface area contributed by atoms with E-state index in [1.807, 2.05) is 19.1 Å². The Bertz CT molecular complexity index is 491. The van der Waals surface area contributed by atoms with E-state index in [2.05, 4.69) is 15.2 Å². The number of aromatic nitrogens is 1. The summed E-state index contributed by atoms with van der Waals surface area (Å²) in [6.07, 6.45) is 0. The van der Waals surface area contributed by atoms with E-state index in [9.17, 15) is 4.79 Å². The van der Waals surface area contributed by atoms with Crippen LogP contribution in [0.1, 0.15) is 16.1 Å². The van der Waals surface area contributed by atoms with Crippen LogP contribution in [0.25, 0.3) is 0 Å². The molecule has 2 atom stereocenters. The highest BCUT2D eigenvalue weighted by molar-refractivity contribution is 5.90. The fourth-order valence-corrected chi connectivity index (χ4v) is 3.09. The molecule has 0 radical (unpaired) electrons. The van der Waals surface area contributed by atoms with Crippen LogP contribution < -0.4 is 10.2 Å². The van der Waals surface area contributed by atoms with Crippen molar-refractivity contribution in [2.75, 3.05) is 38.2 Å². The Balaban J connectivity index is 1.79. The Morgan fingerprint density at radius 1 is 1.37 bits per heavy atom. The van der Waals surface area contributed by atoms with Crippen LogP contribution in [-0.2, 0) is 4.74 Å². The molecule has 2 aliphatic rings. The molecule has 1 N–H and O–H groups in total. The molecule has 102 valence electrons. The summed E-state index contributed by atoms with van der Waals surface area (Å²) in [4.78, 5) is 18.4. The standard InChI is InChI=1S/C14H19N3O2/c1-9-12(14(18)19-2)3-4-13(16-9)17-7-10-5-15-6-11(10)8-17/h3-4,10-11,15H,5-8H2,1-2H3. The van der Waals surface area contributed by atoms with Crippen molar-refractivity contribution in [1.82, 2.24) is 10.3 Å². The Morgan fingerprint density at radius 3 is 2.63 bits per heavy atom. The van der Waals surface area contributed by atoms with Crippen molar-refractivity contribution < 1.29 is 9.53 Å². The Labute approximate surface area is 113 Å². The molecule has 5 heteroatoms. The zero-order valence-electron chi connectivity index (χ0n) is 11.3. The number of carbonyl (C=O) groups excluding carboxylic acids is 1. The molecule has 1 aromatic rings. The van der Waals surface area contributed by atoms with Crippen LogP contribution in [0.15, 0.2) is 12.1 Å². The fraction of sp³-hybridized carbons (Fsp3) is 0.571. The number of carbonyl (C=O) groups is 1. The van der Waals surface area contributed by atoms with E-state index in [4.69, 9.17) is 4.74 Å². The van der Waals surface area contributed by atoms with Gasteiger partial charge in [0.05, 0.1) is 18.4 Å². The lowest BCUT2D eigenvalue weighted by molar-refractivity contribution is 0.0599. The first kappa shape index (κ1) is 12.4. The monoisotopic (exact) mass is 261 g/mol. The minimum Gasteiger partial charge on any atom is -0.465 e. The lowest BCUT2D eigenvalue weighted by Gasteiger charge is -2.19. The number of esters is 1. The highest BCUT2D eigenvalue weighted by Gasteiger charge is 2.36. The number of nitrogens with zero attached hydrogens (tertiary/aromatic N) is 2. The first-order chi connectivity index (χ1) is 9.19. The summed E-state index contributed by atoms with van der Waals surface area (Å²) in [5.74, 6) is 2.13. The van der Waals surface area contributed by atoms with E-state index in [1.165, 1.54) is 7.11 Å². The van der Waals surface area contributed by atoms with Crippen LogP contribution in [0.5, 0.6) is 0 Å². The molecule has 19 heavy (non-hydrogen) atoms. The number of rotatable bonds is 2. The van der Waals surface area contributed by atoms with Gasteiger partial charge in [0.15, 0.2) is 0 Å². The van der Waals surface area contributed by atoms with Crippen molar-refractivity contribution in [2.24, 2.45) is 11.8 Å². The second kappa shape index (κ2) is 4.81. The van der Waals surface area contributed by atoms with Gasteiger partial charge in [-0.1, -0.05) is 0 Å². The van der Waals surface area contributed by atoms with Crippen LogP contribution in [-0.4, -0.2) is 44.2 Å². The summed E-state index contributed by atoms with van der Waals surface area (Å²) < 4.78 is 4.74. The van der Waals surface area contributed by atoms with Crippen molar-refractivity contribution >= 4 is 11.8 Å². The van der Waals surface area contributed by atoms with Gasteiger partial charge < -0.3 is 15.0 Å². The first-order valence-electron chi connectivity index (χ1n) is 6.70. The molecule has 3 heterocycles. The maximum absolute atomic E-state index is 11.5. The molecular weight excluding hydrogens is 242 g/mol. The van der Waals surface area contributed by atoms with Gasteiger partial charge in [0, 0.05) is 26.2 Å². The molecule has 2 fully saturated rings. The van der Waals surface area contributed by atoms with Gasteiger partial charge in [-0.2, -0.15) is 0 Å². The van der Waals surface area contributed by atoms with Gasteiger partial charge >= 0.3 is 5.97 Å². The molecule has 1 aromatic heterocycles. The predicted molar refractivity (Wildman–Crippen MR) is 72.4 cm³/mol. The third-order valence-electron chi connectivity index (χ3n) is 4.19. The van der Waals surface area contributed by atoms with Crippen molar-refractivity contribution in [3.63, 3.8) is 0 Å². The topological polar surface area (TPSA) is 54.5 Å². The van der Waals surface area contributed by atoms with Gasteiger partial charge in [0.2, 0.25) is 0 Å². The maximum atomic E-state index is 11.5. The predicted octanol–water partition coefficient (Wildman–Crippen LogP) is 0.832. The molecule has 0 amide bonds. The average molecular weight is 261 g/mol. The van der Waals surface area contributed by atoms with E-state index in [0.717, 1.165) is 49.5 Å². The Morgan fingerprint density at radius 2 is 2.05 bits per heavy atom. The largest absolute Gasteiger partial charge is 0.465 e. The molecular formula is C14H19N3O2. The first-order valence-corrected chi connectivity index (χ1v) is 6.70. The van der Waals surface area contributed by atoms with Gasteiger partial charge in [0.1, 0.15) is 5.82 Å². The van der Waals surface area contributed by atoms with Gasteiger partial charge in [-0.15, -0.1) is 0 Å². The van der Waals surface area contributed by atoms with E-state index >= 15 is 0 Å². The quantitative estimate of drug-likeness (QED) is 0.799. The molecule has 0 saturated carbocycles. The molecule has 2 saturated heterocycles. The van der Waals surface area contributed by atoms with Crippen molar-refractivity contribution in [2.45, 2.75) is 6.92 Å². The molecule has 0 aromatic carbocycles. The Kier molecular flexibility index (Phi) is 3.14. The number of hydrogen-bond donors (Lipinski definition) is 1. The number of anilines is 1. The van der Waals surface area contributed by atoms with E-state index in [0.29, 0.717) is 5.56 Å². The SMILES string of the molecule is COC(=O)c1ccc(N2CC3CNCC3C2)nc1C. The lowest BCUT2D eigenvalue weighted by Crippen LogP contribution is -2.26. The van der Waals surface area contributed by atoms with Crippen LogP contribution in [0, 0.1) is 18.8 Å². The minimum absolute atomic E-state index is 0.320. The third kappa shape index (κ3) is 2.18. The maximum Gasteiger partial charge on any atom is 0.339 e. The lowest BCUT2D eigenvalue weighted by atomic mass is 10.0. The molecule has 0 bridgehead atoms. The third-order valence-corrected chi connectivity index (χ3v) is 4.19. The number of hydrogen-bond acceptors (Lipinski definition) is 5. The van der Waals surface area contributed by atoms with E-state index in [-0.39, 0.29) is 5.97 Å². The zero-order chi connectivity index (χ0) is 13.4. The van der Waals surface area contributed by atoms with Crippen LogP contribution in [0.3, 0.4) is 0 Å². The number of nitrogens with one attached hydrogen (secondary N) is 1.